The zero-order chi connectivity index (χ0) is 13.9. The Kier molecular flexibility index (Phi) is 4.42. The van der Waals surface area contributed by atoms with Crippen LogP contribution in [0.4, 0.5) is 4.39 Å². The Hall–Kier alpha value is -1.14. The highest BCUT2D eigenvalue weighted by atomic mass is 32.2. The van der Waals surface area contributed by atoms with E-state index in [4.69, 9.17) is 9.47 Å². The third kappa shape index (κ3) is 3.45. The molecule has 6 heteroatoms. The molecule has 1 atom stereocenters. The van der Waals surface area contributed by atoms with Gasteiger partial charge in [0.25, 0.3) is 0 Å². The first-order valence-electron chi connectivity index (χ1n) is 6.14. The molecule has 0 aliphatic carbocycles. The molecule has 0 spiro atoms. The van der Waals surface area contributed by atoms with E-state index in [1.807, 2.05) is 0 Å². The molecule has 0 amide bonds. The van der Waals surface area contributed by atoms with Crippen LogP contribution in [-0.2, 0) is 20.3 Å². The van der Waals surface area contributed by atoms with Gasteiger partial charge in [0.1, 0.15) is 11.6 Å². The van der Waals surface area contributed by atoms with Crippen LogP contribution < -0.4 is 4.74 Å². The van der Waals surface area contributed by atoms with Crippen LogP contribution >= 0.6 is 0 Å². The van der Waals surface area contributed by atoms with Crippen molar-refractivity contribution in [3.05, 3.63) is 29.6 Å². The molecule has 0 aromatic heterocycles. The molecule has 2 rings (SSSR count). The summed E-state index contributed by atoms with van der Waals surface area (Å²) in [5.74, 6) is -0.392. The van der Waals surface area contributed by atoms with Crippen LogP contribution in [0, 0.1) is 5.82 Å². The fraction of sp³-hybridized carbons (Fsp3) is 0.538. The van der Waals surface area contributed by atoms with E-state index in [1.54, 1.807) is 0 Å². The quantitative estimate of drug-likeness (QED) is 0.849. The van der Waals surface area contributed by atoms with Crippen LogP contribution in [0.1, 0.15) is 18.4 Å². The van der Waals surface area contributed by atoms with Crippen molar-refractivity contribution in [1.82, 2.24) is 0 Å². The predicted molar refractivity (Wildman–Crippen MR) is 69.4 cm³/mol. The Labute approximate surface area is 112 Å². The zero-order valence-corrected chi connectivity index (χ0v) is 11.6. The summed E-state index contributed by atoms with van der Waals surface area (Å²) in [5, 5.41) is -0.535. The number of hydrogen-bond donors (Lipinski definition) is 0. The molecule has 1 aromatic rings. The van der Waals surface area contributed by atoms with Crippen molar-refractivity contribution in [1.29, 1.82) is 0 Å². The molecule has 1 saturated heterocycles. The average molecular weight is 288 g/mol. The lowest BCUT2D eigenvalue weighted by Gasteiger charge is -2.22. The fourth-order valence-electron chi connectivity index (χ4n) is 2.12. The molecule has 0 bridgehead atoms. The van der Waals surface area contributed by atoms with Crippen molar-refractivity contribution in [2.75, 3.05) is 20.3 Å². The number of ether oxygens (including phenoxy) is 2. The summed E-state index contributed by atoms with van der Waals surface area (Å²) >= 11 is 0. The van der Waals surface area contributed by atoms with Gasteiger partial charge in [-0.05, 0) is 31.0 Å². The van der Waals surface area contributed by atoms with Gasteiger partial charge in [-0.3, -0.25) is 0 Å². The molecule has 19 heavy (non-hydrogen) atoms. The Bertz CT molecular complexity index is 536. The Morgan fingerprint density at radius 2 is 2.26 bits per heavy atom. The summed E-state index contributed by atoms with van der Waals surface area (Å²) in [5.41, 5.74) is 0.143. The van der Waals surface area contributed by atoms with Gasteiger partial charge in [0.2, 0.25) is 0 Å². The highest BCUT2D eigenvalue weighted by Gasteiger charge is 2.29. The number of hydrogen-bond acceptors (Lipinski definition) is 4. The van der Waals surface area contributed by atoms with Crippen LogP contribution in [0.25, 0.3) is 0 Å². The minimum absolute atomic E-state index is 0.143. The highest BCUT2D eigenvalue weighted by molar-refractivity contribution is 7.91. The van der Waals surface area contributed by atoms with E-state index < -0.39 is 20.9 Å². The average Bonchev–Trinajstić information content (AvgIpc) is 2.42. The van der Waals surface area contributed by atoms with Gasteiger partial charge in [-0.25, -0.2) is 12.8 Å². The third-order valence-corrected chi connectivity index (χ3v) is 5.34. The van der Waals surface area contributed by atoms with Gasteiger partial charge in [0, 0.05) is 12.2 Å². The number of halogens is 1. The molecule has 1 aromatic carbocycles. The minimum Gasteiger partial charge on any atom is -0.497 e. The molecular formula is C13H17FO4S. The minimum atomic E-state index is -3.40. The number of benzene rings is 1. The molecule has 0 radical (unpaired) electrons. The van der Waals surface area contributed by atoms with E-state index in [2.05, 4.69) is 0 Å². The number of rotatable bonds is 4. The molecule has 0 saturated carbocycles. The summed E-state index contributed by atoms with van der Waals surface area (Å²) in [6, 6.07) is 4.12. The van der Waals surface area contributed by atoms with Crippen molar-refractivity contribution in [3.8, 4) is 5.75 Å². The maximum atomic E-state index is 13.7. The molecular weight excluding hydrogens is 271 g/mol. The van der Waals surface area contributed by atoms with E-state index in [0.717, 1.165) is 6.42 Å². The monoisotopic (exact) mass is 288 g/mol. The van der Waals surface area contributed by atoms with Crippen LogP contribution in [-0.4, -0.2) is 34.0 Å². The first kappa shape index (κ1) is 14.3. The Morgan fingerprint density at radius 1 is 1.47 bits per heavy atom. The lowest BCUT2D eigenvalue weighted by atomic mass is 10.2. The Balaban J connectivity index is 2.19. The van der Waals surface area contributed by atoms with Crippen molar-refractivity contribution >= 4 is 9.84 Å². The fourth-order valence-corrected chi connectivity index (χ4v) is 3.84. The molecule has 106 valence electrons. The van der Waals surface area contributed by atoms with Crippen LogP contribution in [0.3, 0.4) is 0 Å². The molecule has 1 fully saturated rings. The maximum Gasteiger partial charge on any atom is 0.159 e. The van der Waals surface area contributed by atoms with E-state index in [1.165, 1.54) is 25.3 Å². The van der Waals surface area contributed by atoms with E-state index >= 15 is 0 Å². The first-order chi connectivity index (χ1) is 9.03. The van der Waals surface area contributed by atoms with Crippen molar-refractivity contribution in [3.63, 3.8) is 0 Å². The normalized spacial score (nSPS) is 20.2. The lowest BCUT2D eigenvalue weighted by Crippen LogP contribution is -2.32. The van der Waals surface area contributed by atoms with Crippen molar-refractivity contribution < 1.29 is 22.3 Å². The largest absolute Gasteiger partial charge is 0.497 e. The lowest BCUT2D eigenvalue weighted by molar-refractivity contribution is 0.0990. The summed E-state index contributed by atoms with van der Waals surface area (Å²) < 4.78 is 48.3. The third-order valence-electron chi connectivity index (χ3n) is 3.24. The highest BCUT2D eigenvalue weighted by Crippen LogP contribution is 2.23. The van der Waals surface area contributed by atoms with Gasteiger partial charge in [-0.1, -0.05) is 0 Å². The predicted octanol–water partition coefficient (Wildman–Crippen LogP) is 1.93. The second kappa shape index (κ2) is 5.88. The maximum absolute atomic E-state index is 13.7. The van der Waals surface area contributed by atoms with E-state index in [0.29, 0.717) is 18.8 Å². The molecule has 0 N–H and O–H groups in total. The summed E-state index contributed by atoms with van der Waals surface area (Å²) in [6.07, 6.45) is 1.30. The first-order valence-corrected chi connectivity index (χ1v) is 7.86. The van der Waals surface area contributed by atoms with Crippen molar-refractivity contribution in [2.24, 2.45) is 0 Å². The van der Waals surface area contributed by atoms with E-state index in [9.17, 15) is 12.8 Å². The molecule has 1 aliphatic rings. The van der Waals surface area contributed by atoms with Crippen LogP contribution in [0.5, 0.6) is 5.75 Å². The number of sulfone groups is 1. The molecule has 1 unspecified atom stereocenters. The number of methoxy groups -OCH3 is 1. The Morgan fingerprint density at radius 3 is 2.89 bits per heavy atom. The standard InChI is InChI=1S/C13H17FO4S/c1-17-11-4-5-13(14)10(7-11)9-19(15,16)12-3-2-6-18-8-12/h4-5,7,12H,2-3,6,8-9H2,1H3. The second-order valence-electron chi connectivity index (χ2n) is 4.60. The van der Waals surface area contributed by atoms with Gasteiger partial charge in [0.15, 0.2) is 9.84 Å². The van der Waals surface area contributed by atoms with E-state index in [-0.39, 0.29) is 17.9 Å². The van der Waals surface area contributed by atoms with Crippen LogP contribution in [0.2, 0.25) is 0 Å². The second-order valence-corrected chi connectivity index (χ2v) is 6.88. The van der Waals surface area contributed by atoms with Gasteiger partial charge in [0.05, 0.1) is 24.7 Å². The molecule has 4 nitrogen and oxygen atoms in total. The smallest absolute Gasteiger partial charge is 0.159 e. The summed E-state index contributed by atoms with van der Waals surface area (Å²) in [4.78, 5) is 0. The SMILES string of the molecule is COc1ccc(F)c(CS(=O)(=O)C2CCCOC2)c1. The summed E-state index contributed by atoms with van der Waals surface area (Å²) in [6.45, 7) is 0.799. The van der Waals surface area contributed by atoms with Crippen molar-refractivity contribution in [2.45, 2.75) is 23.8 Å². The summed E-state index contributed by atoms with van der Waals surface area (Å²) in [7, 11) is -1.95. The van der Waals surface area contributed by atoms with Gasteiger partial charge in [-0.2, -0.15) is 0 Å². The van der Waals surface area contributed by atoms with Gasteiger partial charge < -0.3 is 9.47 Å². The topological polar surface area (TPSA) is 52.6 Å². The zero-order valence-electron chi connectivity index (χ0n) is 10.8. The van der Waals surface area contributed by atoms with Crippen LogP contribution in [0.15, 0.2) is 18.2 Å². The molecule has 1 heterocycles. The molecule has 1 aliphatic heterocycles. The van der Waals surface area contributed by atoms with Gasteiger partial charge >= 0.3 is 0 Å². The van der Waals surface area contributed by atoms with Gasteiger partial charge in [-0.15, -0.1) is 0 Å².